The number of anilines is 1. The van der Waals surface area contributed by atoms with Crippen LogP contribution in [0, 0.1) is 5.82 Å². The minimum absolute atomic E-state index is 0.0618. The van der Waals surface area contributed by atoms with E-state index < -0.39 is 15.9 Å². The van der Waals surface area contributed by atoms with Gasteiger partial charge in [0.05, 0.1) is 19.4 Å². The maximum Gasteiger partial charge on any atom is 0.339 e. The molecule has 0 radical (unpaired) electrons. The van der Waals surface area contributed by atoms with Gasteiger partial charge in [0.2, 0.25) is 0 Å². The molecule has 0 aliphatic carbocycles. The third-order valence-electron chi connectivity index (χ3n) is 5.21. The summed E-state index contributed by atoms with van der Waals surface area (Å²) in [7, 11) is -4.17. The van der Waals surface area contributed by atoms with Crippen LogP contribution in [0.3, 0.4) is 0 Å². The van der Waals surface area contributed by atoms with Gasteiger partial charge in [0.25, 0.3) is 0 Å². The van der Waals surface area contributed by atoms with Crippen molar-refractivity contribution in [1.29, 1.82) is 0 Å². The first-order valence-corrected chi connectivity index (χ1v) is 12.8. The molecular weight excluding hydrogens is 499 g/mol. The predicted molar refractivity (Wildman–Crippen MR) is 135 cm³/mol. The second-order valence-electron chi connectivity index (χ2n) is 7.96. The Bertz CT molecular complexity index is 1420. The quantitative estimate of drug-likeness (QED) is 0.263. The number of hydrogen-bond donors (Lipinski definition) is 1. The maximum atomic E-state index is 13.2. The number of furan rings is 1. The van der Waals surface area contributed by atoms with Gasteiger partial charge in [0, 0.05) is 12.2 Å². The molecule has 0 fully saturated rings. The van der Waals surface area contributed by atoms with E-state index in [0.717, 1.165) is 24.3 Å². The van der Waals surface area contributed by atoms with E-state index in [1.165, 1.54) is 23.3 Å². The zero-order valence-electron chi connectivity index (χ0n) is 20.0. The van der Waals surface area contributed by atoms with Gasteiger partial charge in [-0.15, -0.1) is 0 Å². The van der Waals surface area contributed by atoms with Crippen molar-refractivity contribution in [1.82, 2.24) is 4.90 Å². The highest BCUT2D eigenvalue weighted by atomic mass is 32.2. The van der Waals surface area contributed by atoms with E-state index in [2.05, 4.69) is 5.32 Å². The van der Waals surface area contributed by atoms with Gasteiger partial charge in [-0.1, -0.05) is 12.1 Å². The van der Waals surface area contributed by atoms with E-state index >= 15 is 0 Å². The van der Waals surface area contributed by atoms with Crippen molar-refractivity contribution in [3.8, 4) is 11.5 Å². The van der Waals surface area contributed by atoms with Gasteiger partial charge >= 0.3 is 16.1 Å². The molecule has 0 atom stereocenters. The summed E-state index contributed by atoms with van der Waals surface area (Å²) in [5, 5.41) is 2.85. The minimum Gasteiger partial charge on any atom is -0.494 e. The first kappa shape index (κ1) is 25.8. The van der Waals surface area contributed by atoms with Crippen molar-refractivity contribution in [2.45, 2.75) is 24.9 Å². The lowest BCUT2D eigenvalue weighted by Crippen LogP contribution is -2.34. The molecule has 10 heteroatoms. The van der Waals surface area contributed by atoms with Crippen LogP contribution < -0.4 is 14.2 Å². The number of urea groups is 1. The Balaban J connectivity index is 1.50. The van der Waals surface area contributed by atoms with Gasteiger partial charge in [-0.05, 0) is 85.3 Å². The fraction of sp³-hybridized carbons (Fsp3) is 0.148. The van der Waals surface area contributed by atoms with Crippen LogP contribution in [0.2, 0.25) is 0 Å². The molecule has 0 bridgehead atoms. The fourth-order valence-corrected chi connectivity index (χ4v) is 4.41. The Hall–Kier alpha value is -4.31. The number of carbonyl (C=O) groups excluding carboxylic acids is 1. The number of carbonyl (C=O) groups is 1. The Kier molecular flexibility index (Phi) is 8.09. The maximum absolute atomic E-state index is 13.2. The second-order valence-corrected chi connectivity index (χ2v) is 9.51. The summed E-state index contributed by atoms with van der Waals surface area (Å²) < 4.78 is 54.5. The van der Waals surface area contributed by atoms with Gasteiger partial charge in [0.15, 0.2) is 0 Å². The molecule has 37 heavy (non-hydrogen) atoms. The normalized spacial score (nSPS) is 11.1. The third-order valence-corrected chi connectivity index (χ3v) is 6.47. The number of ether oxygens (including phenoxy) is 1. The summed E-state index contributed by atoms with van der Waals surface area (Å²) >= 11 is 0. The molecule has 192 valence electrons. The zero-order chi connectivity index (χ0) is 26.3. The van der Waals surface area contributed by atoms with Crippen LogP contribution in [0.4, 0.5) is 14.9 Å². The molecule has 0 aliphatic heterocycles. The Morgan fingerprint density at radius 3 is 2.38 bits per heavy atom. The number of halogens is 1. The van der Waals surface area contributed by atoms with Gasteiger partial charge in [-0.25, -0.2) is 9.18 Å². The van der Waals surface area contributed by atoms with E-state index in [9.17, 15) is 17.6 Å². The molecule has 0 saturated carbocycles. The molecule has 3 aromatic carbocycles. The molecule has 1 heterocycles. The van der Waals surface area contributed by atoms with Crippen LogP contribution >= 0.6 is 0 Å². The van der Waals surface area contributed by atoms with Crippen molar-refractivity contribution < 1.29 is 30.9 Å². The molecule has 1 N–H and O–H groups in total. The fourth-order valence-electron chi connectivity index (χ4n) is 3.49. The van der Waals surface area contributed by atoms with Gasteiger partial charge in [-0.3, -0.25) is 0 Å². The second kappa shape index (κ2) is 11.6. The molecule has 4 aromatic rings. The highest BCUT2D eigenvalue weighted by Gasteiger charge is 2.19. The largest absolute Gasteiger partial charge is 0.494 e. The first-order chi connectivity index (χ1) is 17.8. The number of nitrogens with one attached hydrogen (secondary N) is 1. The summed E-state index contributed by atoms with van der Waals surface area (Å²) in [5.41, 5.74) is 1.21. The van der Waals surface area contributed by atoms with Crippen molar-refractivity contribution in [3.05, 3.63) is 108 Å². The molecular formula is C27H25FN2O6S. The topological polar surface area (TPSA) is 98.1 Å². The van der Waals surface area contributed by atoms with E-state index in [4.69, 9.17) is 13.3 Å². The van der Waals surface area contributed by atoms with Crippen molar-refractivity contribution >= 4 is 21.8 Å². The molecule has 8 nitrogen and oxygen atoms in total. The lowest BCUT2D eigenvalue weighted by molar-refractivity contribution is 0.201. The van der Waals surface area contributed by atoms with Crippen LogP contribution in [-0.2, 0) is 23.2 Å². The standard InChI is InChI=1S/C27H25FN2O6S/c1-2-34-23-12-10-22(11-13-23)29-27(31)30(19-25-7-4-16-35-25)18-20-5-3-6-24(17-20)36-37(32,33)26-14-8-21(28)9-15-26/h3-17H,2,18-19H2,1H3,(H,29,31). The van der Waals surface area contributed by atoms with Gasteiger partial charge in [-0.2, -0.15) is 8.42 Å². The molecule has 0 aliphatic rings. The number of rotatable bonds is 10. The van der Waals surface area contributed by atoms with E-state index in [1.807, 2.05) is 6.92 Å². The lowest BCUT2D eigenvalue weighted by Gasteiger charge is -2.23. The monoisotopic (exact) mass is 524 g/mol. The summed E-state index contributed by atoms with van der Waals surface area (Å²) in [6, 6.07) is 20.8. The van der Waals surface area contributed by atoms with E-state index in [1.54, 1.807) is 48.5 Å². The smallest absolute Gasteiger partial charge is 0.339 e. The number of amides is 2. The Morgan fingerprint density at radius 1 is 0.946 bits per heavy atom. The average molecular weight is 525 g/mol. The Morgan fingerprint density at radius 2 is 1.70 bits per heavy atom. The highest BCUT2D eigenvalue weighted by molar-refractivity contribution is 7.87. The molecule has 1 aromatic heterocycles. The molecule has 0 saturated heterocycles. The zero-order valence-corrected chi connectivity index (χ0v) is 20.8. The van der Waals surface area contributed by atoms with Crippen molar-refractivity contribution in [2.75, 3.05) is 11.9 Å². The van der Waals surface area contributed by atoms with E-state index in [-0.39, 0.29) is 29.8 Å². The first-order valence-electron chi connectivity index (χ1n) is 11.4. The minimum atomic E-state index is -4.17. The lowest BCUT2D eigenvalue weighted by atomic mass is 10.2. The molecule has 2 amide bonds. The van der Waals surface area contributed by atoms with Gasteiger partial charge < -0.3 is 23.6 Å². The molecule has 0 unspecified atom stereocenters. The van der Waals surface area contributed by atoms with Gasteiger partial charge in [0.1, 0.15) is 28.0 Å². The number of hydrogen-bond acceptors (Lipinski definition) is 6. The summed E-state index contributed by atoms with van der Waals surface area (Å²) in [6.45, 7) is 2.74. The predicted octanol–water partition coefficient (Wildman–Crippen LogP) is 5.82. The van der Waals surface area contributed by atoms with Crippen LogP contribution in [0.1, 0.15) is 18.2 Å². The van der Waals surface area contributed by atoms with Crippen molar-refractivity contribution in [3.63, 3.8) is 0 Å². The van der Waals surface area contributed by atoms with E-state index in [0.29, 0.717) is 29.4 Å². The average Bonchev–Trinajstić information content (AvgIpc) is 3.38. The number of nitrogens with zero attached hydrogens (tertiary/aromatic N) is 1. The van der Waals surface area contributed by atoms with Crippen molar-refractivity contribution in [2.24, 2.45) is 0 Å². The summed E-state index contributed by atoms with van der Waals surface area (Å²) in [5.74, 6) is 0.779. The molecule has 0 spiro atoms. The highest BCUT2D eigenvalue weighted by Crippen LogP contribution is 2.22. The summed E-state index contributed by atoms with van der Waals surface area (Å²) in [6.07, 6.45) is 1.52. The van der Waals surface area contributed by atoms with Crippen LogP contribution in [0.5, 0.6) is 11.5 Å². The SMILES string of the molecule is CCOc1ccc(NC(=O)N(Cc2cccc(OS(=O)(=O)c3ccc(F)cc3)c2)Cc2ccco2)cc1. The van der Waals surface area contributed by atoms with Crippen LogP contribution in [-0.4, -0.2) is 26.0 Å². The summed E-state index contributed by atoms with van der Waals surface area (Å²) in [4.78, 5) is 14.5. The van der Waals surface area contributed by atoms with Crippen LogP contribution in [0.25, 0.3) is 0 Å². The van der Waals surface area contributed by atoms with Crippen LogP contribution in [0.15, 0.2) is 101 Å². The molecule has 4 rings (SSSR count). The number of benzene rings is 3. The third kappa shape index (κ3) is 7.11. The Labute approximate surface area is 214 Å².